The zero-order valence-electron chi connectivity index (χ0n) is 13.3. The summed E-state index contributed by atoms with van der Waals surface area (Å²) in [5.74, 6) is 0.654. The second kappa shape index (κ2) is 9.91. The summed E-state index contributed by atoms with van der Waals surface area (Å²) >= 11 is 0. The van der Waals surface area contributed by atoms with Gasteiger partial charge in [-0.15, -0.1) is 24.8 Å². The van der Waals surface area contributed by atoms with Gasteiger partial charge in [-0.05, 0) is 38.8 Å². The van der Waals surface area contributed by atoms with Gasteiger partial charge in [-0.3, -0.25) is 9.69 Å². The van der Waals surface area contributed by atoms with E-state index in [4.69, 9.17) is 0 Å². The van der Waals surface area contributed by atoms with Crippen LogP contribution in [0.15, 0.2) is 0 Å². The molecule has 23 heavy (non-hydrogen) atoms. The predicted molar refractivity (Wildman–Crippen MR) is 88.4 cm³/mol. The monoisotopic (exact) mass is 379 g/mol. The predicted octanol–water partition coefficient (Wildman–Crippen LogP) is 2.31. The number of rotatable bonds is 4. The third-order valence-electron chi connectivity index (χ3n) is 4.62. The van der Waals surface area contributed by atoms with E-state index in [1.807, 2.05) is 0 Å². The highest BCUT2D eigenvalue weighted by atomic mass is 35.5. The zero-order valence-corrected chi connectivity index (χ0v) is 14.9. The van der Waals surface area contributed by atoms with E-state index < -0.39 is 12.2 Å². The van der Waals surface area contributed by atoms with Gasteiger partial charge in [0, 0.05) is 32.6 Å². The van der Waals surface area contributed by atoms with Crippen molar-refractivity contribution in [3.8, 4) is 0 Å². The summed E-state index contributed by atoms with van der Waals surface area (Å²) in [6, 6.07) is -1.43. The molecule has 0 spiro atoms. The first-order chi connectivity index (χ1) is 9.88. The van der Waals surface area contributed by atoms with E-state index in [0.29, 0.717) is 38.5 Å². The Balaban J connectivity index is 0.00000242. The molecule has 0 aliphatic carbocycles. The molecular weight excluding hydrogens is 354 g/mol. The van der Waals surface area contributed by atoms with E-state index >= 15 is 0 Å². The van der Waals surface area contributed by atoms with E-state index in [2.05, 4.69) is 5.32 Å². The molecule has 0 aromatic rings. The molecule has 2 heterocycles. The van der Waals surface area contributed by atoms with Crippen LogP contribution in [0.25, 0.3) is 0 Å². The van der Waals surface area contributed by atoms with Crippen molar-refractivity contribution < 1.29 is 18.0 Å². The van der Waals surface area contributed by atoms with Gasteiger partial charge in [-0.1, -0.05) is 0 Å². The van der Waals surface area contributed by atoms with Crippen molar-refractivity contribution in [2.24, 2.45) is 5.92 Å². The molecular formula is C14H26Cl2F3N3O. The molecule has 2 rings (SSSR count). The molecule has 1 amide bonds. The van der Waals surface area contributed by atoms with Crippen LogP contribution < -0.4 is 5.32 Å². The first kappa shape index (κ1) is 22.8. The van der Waals surface area contributed by atoms with Crippen LogP contribution in [0.3, 0.4) is 0 Å². The number of hydrogen-bond acceptors (Lipinski definition) is 3. The van der Waals surface area contributed by atoms with Gasteiger partial charge in [0.25, 0.3) is 0 Å². The topological polar surface area (TPSA) is 35.6 Å². The summed E-state index contributed by atoms with van der Waals surface area (Å²) in [4.78, 5) is 15.2. The van der Waals surface area contributed by atoms with Crippen molar-refractivity contribution >= 4 is 30.7 Å². The van der Waals surface area contributed by atoms with Crippen LogP contribution >= 0.6 is 24.8 Å². The lowest BCUT2D eigenvalue weighted by atomic mass is 10.0. The Kier molecular flexibility index (Phi) is 9.81. The molecule has 0 bridgehead atoms. The number of amides is 1. The molecule has 2 aliphatic heterocycles. The number of nitrogens with zero attached hydrogens (tertiary/aromatic N) is 2. The number of halogens is 5. The van der Waals surface area contributed by atoms with Gasteiger partial charge in [0.2, 0.25) is 5.91 Å². The quantitative estimate of drug-likeness (QED) is 0.813. The first-order valence-corrected chi connectivity index (χ1v) is 7.67. The van der Waals surface area contributed by atoms with Crippen molar-refractivity contribution in [3.05, 3.63) is 0 Å². The fourth-order valence-corrected chi connectivity index (χ4v) is 3.01. The maximum atomic E-state index is 12.7. The molecule has 0 aromatic carbocycles. The molecule has 0 saturated carbocycles. The average molecular weight is 380 g/mol. The van der Waals surface area contributed by atoms with Gasteiger partial charge < -0.3 is 10.2 Å². The van der Waals surface area contributed by atoms with Gasteiger partial charge in [0.15, 0.2) is 0 Å². The molecule has 2 saturated heterocycles. The van der Waals surface area contributed by atoms with Crippen LogP contribution in [-0.4, -0.2) is 67.2 Å². The minimum absolute atomic E-state index is 0. The molecule has 0 radical (unpaired) electrons. The summed E-state index contributed by atoms with van der Waals surface area (Å²) in [6.45, 7) is 4.60. The lowest BCUT2D eigenvalue weighted by molar-refractivity contribution is -0.183. The normalized spacial score (nSPS) is 23.8. The number of alkyl halides is 3. The van der Waals surface area contributed by atoms with Crippen molar-refractivity contribution in [3.63, 3.8) is 0 Å². The van der Waals surface area contributed by atoms with Gasteiger partial charge >= 0.3 is 6.18 Å². The van der Waals surface area contributed by atoms with Crippen LogP contribution in [0.1, 0.15) is 26.2 Å². The minimum Gasteiger partial charge on any atom is -0.340 e. The molecule has 1 N–H and O–H groups in total. The highest BCUT2D eigenvalue weighted by molar-refractivity contribution is 5.85. The maximum absolute atomic E-state index is 12.7. The number of carbonyl (C=O) groups excluding carboxylic acids is 1. The third kappa shape index (κ3) is 6.64. The number of carbonyl (C=O) groups is 1. The van der Waals surface area contributed by atoms with Crippen molar-refractivity contribution in [2.45, 2.75) is 38.4 Å². The van der Waals surface area contributed by atoms with Crippen molar-refractivity contribution in [2.75, 3.05) is 39.3 Å². The Labute approximate surface area is 148 Å². The van der Waals surface area contributed by atoms with E-state index in [0.717, 1.165) is 25.9 Å². The lowest BCUT2D eigenvalue weighted by Gasteiger charge is -2.38. The largest absolute Gasteiger partial charge is 0.403 e. The SMILES string of the molecule is CC(N1CCN(C(=O)CCC2CCNC2)CC1)C(F)(F)F.Cl.Cl. The van der Waals surface area contributed by atoms with Crippen LogP contribution in [0.4, 0.5) is 13.2 Å². The van der Waals surface area contributed by atoms with Crippen molar-refractivity contribution in [1.82, 2.24) is 15.1 Å². The number of nitrogens with one attached hydrogen (secondary N) is 1. The average Bonchev–Trinajstić information content (AvgIpc) is 2.96. The summed E-state index contributed by atoms with van der Waals surface area (Å²) < 4.78 is 38.0. The summed E-state index contributed by atoms with van der Waals surface area (Å²) in [5.41, 5.74) is 0. The van der Waals surface area contributed by atoms with Crippen LogP contribution in [0.5, 0.6) is 0 Å². The smallest absolute Gasteiger partial charge is 0.340 e. The van der Waals surface area contributed by atoms with Gasteiger partial charge in [0.05, 0.1) is 0 Å². The standard InChI is InChI=1S/C14H24F3N3O.2ClH/c1-11(14(15,16)17)19-6-8-20(9-7-19)13(21)3-2-12-4-5-18-10-12;;/h11-12,18H,2-10H2,1H3;2*1H. The Hall–Kier alpha value is -0.240. The molecule has 2 unspecified atom stereocenters. The van der Waals surface area contributed by atoms with Gasteiger partial charge in [-0.25, -0.2) is 0 Å². The Bertz CT molecular complexity index is 358. The highest BCUT2D eigenvalue weighted by Crippen LogP contribution is 2.25. The summed E-state index contributed by atoms with van der Waals surface area (Å²) in [7, 11) is 0. The summed E-state index contributed by atoms with van der Waals surface area (Å²) in [5, 5.41) is 3.27. The highest BCUT2D eigenvalue weighted by Gasteiger charge is 2.41. The Morgan fingerprint density at radius 3 is 2.30 bits per heavy atom. The zero-order chi connectivity index (χ0) is 15.5. The number of piperazine rings is 1. The van der Waals surface area contributed by atoms with Gasteiger partial charge in [-0.2, -0.15) is 13.2 Å². The van der Waals surface area contributed by atoms with E-state index in [1.54, 1.807) is 4.90 Å². The third-order valence-corrected chi connectivity index (χ3v) is 4.62. The second-order valence-electron chi connectivity index (χ2n) is 6.03. The molecule has 2 atom stereocenters. The fraction of sp³-hybridized carbons (Fsp3) is 0.929. The fourth-order valence-electron chi connectivity index (χ4n) is 3.01. The summed E-state index contributed by atoms with van der Waals surface area (Å²) in [6.07, 6.45) is -1.68. The maximum Gasteiger partial charge on any atom is 0.403 e. The lowest BCUT2D eigenvalue weighted by Crippen LogP contribution is -2.54. The number of hydrogen-bond donors (Lipinski definition) is 1. The van der Waals surface area contributed by atoms with Crippen LogP contribution in [0, 0.1) is 5.92 Å². The van der Waals surface area contributed by atoms with Crippen LogP contribution in [0.2, 0.25) is 0 Å². The van der Waals surface area contributed by atoms with Gasteiger partial charge in [0.1, 0.15) is 6.04 Å². The van der Waals surface area contributed by atoms with Crippen LogP contribution in [-0.2, 0) is 4.79 Å². The Morgan fingerprint density at radius 1 is 1.22 bits per heavy atom. The molecule has 2 fully saturated rings. The molecule has 4 nitrogen and oxygen atoms in total. The minimum atomic E-state index is -4.19. The molecule has 0 aromatic heterocycles. The molecule has 9 heteroatoms. The second-order valence-corrected chi connectivity index (χ2v) is 6.03. The van der Waals surface area contributed by atoms with E-state index in [-0.39, 0.29) is 30.7 Å². The molecule has 2 aliphatic rings. The Morgan fingerprint density at radius 2 is 1.83 bits per heavy atom. The van der Waals surface area contributed by atoms with Crippen molar-refractivity contribution in [1.29, 1.82) is 0 Å². The van der Waals surface area contributed by atoms with E-state index in [1.165, 1.54) is 11.8 Å². The first-order valence-electron chi connectivity index (χ1n) is 7.67. The van der Waals surface area contributed by atoms with E-state index in [9.17, 15) is 18.0 Å². The molecule has 138 valence electrons.